The summed E-state index contributed by atoms with van der Waals surface area (Å²) in [5, 5.41) is 3.45. The Balaban J connectivity index is 1.15. The summed E-state index contributed by atoms with van der Waals surface area (Å²) in [6.07, 6.45) is -0.386. The number of aromatic nitrogens is 1. The van der Waals surface area contributed by atoms with Crippen LogP contribution in [0.1, 0.15) is 55.5 Å². The van der Waals surface area contributed by atoms with Gasteiger partial charge in [0.1, 0.15) is 0 Å². The maximum Gasteiger partial charge on any atom is 0.389 e. The van der Waals surface area contributed by atoms with Gasteiger partial charge in [-0.05, 0) is 51.0 Å². The number of hydrogen-bond donors (Lipinski definition) is 1. The monoisotopic (exact) mass is 480 g/mol. The number of anilines is 1. The van der Waals surface area contributed by atoms with Crippen LogP contribution in [0.2, 0.25) is 0 Å². The first kappa shape index (κ1) is 23.7. The summed E-state index contributed by atoms with van der Waals surface area (Å²) >= 11 is 1.54. The minimum absolute atomic E-state index is 0.0214. The van der Waals surface area contributed by atoms with Crippen molar-refractivity contribution in [3.05, 3.63) is 10.6 Å². The van der Waals surface area contributed by atoms with E-state index >= 15 is 0 Å². The number of carbonyl (C=O) groups excluding carboxylic acids is 1. The lowest BCUT2D eigenvalue weighted by atomic mass is 9.84. The number of nitrogens with one attached hydrogen (secondary N) is 1. The van der Waals surface area contributed by atoms with Crippen LogP contribution in [0.4, 0.5) is 27.1 Å². The van der Waals surface area contributed by atoms with Crippen molar-refractivity contribution in [2.75, 3.05) is 31.1 Å². The zero-order chi connectivity index (χ0) is 22.9. The Morgan fingerprint density at radius 1 is 1.19 bits per heavy atom. The van der Waals surface area contributed by atoms with Gasteiger partial charge in [0.15, 0.2) is 5.13 Å². The Bertz CT molecular complexity index is 799. The number of halogens is 5. The molecule has 1 aromatic heterocycles. The topological polar surface area (TPSA) is 48.5 Å². The lowest BCUT2D eigenvalue weighted by Crippen LogP contribution is -2.56. The number of hydrogen-bond acceptors (Lipinski definition) is 5. The van der Waals surface area contributed by atoms with Crippen LogP contribution in [0.3, 0.4) is 0 Å². The summed E-state index contributed by atoms with van der Waals surface area (Å²) in [6.45, 7) is 2.15. The molecule has 2 aliphatic heterocycles. The van der Waals surface area contributed by atoms with Gasteiger partial charge < -0.3 is 10.2 Å². The number of thiazole rings is 1. The van der Waals surface area contributed by atoms with E-state index in [0.717, 1.165) is 63.9 Å². The predicted octanol–water partition coefficient (Wildman–Crippen LogP) is 4.36. The molecule has 0 unspecified atom stereocenters. The van der Waals surface area contributed by atoms with Crippen LogP contribution in [0, 0.1) is 5.92 Å². The number of carbonyl (C=O) groups is 1. The Hall–Kier alpha value is -1.49. The number of rotatable bonds is 7. The van der Waals surface area contributed by atoms with Gasteiger partial charge in [-0.15, -0.1) is 11.3 Å². The third-order valence-corrected chi connectivity index (χ3v) is 7.83. The fraction of sp³-hybridized carbons (Fsp3) is 0.810. The highest BCUT2D eigenvalue weighted by Crippen LogP contribution is 2.37. The summed E-state index contributed by atoms with van der Waals surface area (Å²) in [6, 6.07) is -0.0214. The third-order valence-electron chi connectivity index (χ3n) is 6.61. The molecule has 4 rings (SSSR count). The van der Waals surface area contributed by atoms with Crippen molar-refractivity contribution in [2.45, 2.75) is 76.1 Å². The van der Waals surface area contributed by atoms with Crippen molar-refractivity contribution in [2.24, 2.45) is 5.92 Å². The molecule has 0 spiro atoms. The highest BCUT2D eigenvalue weighted by atomic mass is 32.1. The molecule has 1 saturated carbocycles. The summed E-state index contributed by atoms with van der Waals surface area (Å²) in [5.74, 6) is -2.56. The van der Waals surface area contributed by atoms with Crippen molar-refractivity contribution >= 4 is 22.4 Å². The normalized spacial score (nSPS) is 25.8. The Kier molecular flexibility index (Phi) is 6.95. The molecule has 5 nitrogen and oxygen atoms in total. The third kappa shape index (κ3) is 6.30. The quantitative estimate of drug-likeness (QED) is 0.589. The van der Waals surface area contributed by atoms with Crippen molar-refractivity contribution in [3.8, 4) is 0 Å². The molecule has 11 heteroatoms. The summed E-state index contributed by atoms with van der Waals surface area (Å²) in [4.78, 5) is 21.5. The van der Waals surface area contributed by atoms with E-state index in [-0.39, 0.29) is 19.1 Å². The summed E-state index contributed by atoms with van der Waals surface area (Å²) in [7, 11) is 0. The molecule has 1 amide bonds. The molecule has 0 atom stereocenters. The van der Waals surface area contributed by atoms with Gasteiger partial charge in [-0.3, -0.25) is 9.69 Å². The van der Waals surface area contributed by atoms with E-state index in [9.17, 15) is 26.7 Å². The van der Waals surface area contributed by atoms with Crippen molar-refractivity contribution < 1.29 is 26.7 Å². The van der Waals surface area contributed by atoms with Crippen LogP contribution in [-0.4, -0.2) is 60.1 Å². The van der Waals surface area contributed by atoms with Crippen LogP contribution in [0.15, 0.2) is 0 Å². The fourth-order valence-electron chi connectivity index (χ4n) is 4.73. The minimum Gasteiger partial charge on any atom is -0.353 e. The Morgan fingerprint density at radius 3 is 2.56 bits per heavy atom. The second-order valence-corrected chi connectivity index (χ2v) is 10.4. The Labute approximate surface area is 188 Å². The van der Waals surface area contributed by atoms with Gasteiger partial charge in [-0.25, -0.2) is 13.8 Å². The van der Waals surface area contributed by atoms with E-state index in [4.69, 9.17) is 0 Å². The molecule has 2 fully saturated rings. The molecule has 32 heavy (non-hydrogen) atoms. The maximum absolute atomic E-state index is 13.1. The second kappa shape index (κ2) is 9.40. The molecule has 0 aromatic carbocycles. The van der Waals surface area contributed by atoms with Crippen molar-refractivity contribution in [1.29, 1.82) is 0 Å². The van der Waals surface area contributed by atoms with Crippen molar-refractivity contribution in [3.63, 3.8) is 0 Å². The largest absolute Gasteiger partial charge is 0.389 e. The van der Waals surface area contributed by atoms with Gasteiger partial charge >= 0.3 is 6.18 Å². The van der Waals surface area contributed by atoms with E-state index < -0.39 is 30.8 Å². The average Bonchev–Trinajstić information content (AvgIpc) is 3.12. The first-order valence-electron chi connectivity index (χ1n) is 11.3. The lowest BCUT2D eigenvalue weighted by molar-refractivity contribution is -0.144. The van der Waals surface area contributed by atoms with E-state index in [1.165, 1.54) is 16.2 Å². The molecule has 0 bridgehead atoms. The predicted molar refractivity (Wildman–Crippen MR) is 112 cm³/mol. The average molecular weight is 481 g/mol. The summed E-state index contributed by atoms with van der Waals surface area (Å²) < 4.78 is 63.0. The van der Waals surface area contributed by atoms with Gasteiger partial charge in [0.25, 0.3) is 5.92 Å². The molecule has 1 saturated heterocycles. The van der Waals surface area contributed by atoms with E-state index in [2.05, 4.69) is 15.2 Å². The van der Waals surface area contributed by atoms with Crippen LogP contribution in [0.25, 0.3) is 0 Å². The standard InChI is InChI=1S/C21H29F5N4OS/c22-20(23)12-30(13-20)19-28-16-11-29(10-7-17(16)32-19)9-6-14-1-3-15(4-2-14)27-18(31)5-8-21(24,25)26/h14-15H,1-13H2,(H,27,31). The van der Waals surface area contributed by atoms with Crippen LogP contribution >= 0.6 is 11.3 Å². The SMILES string of the molecule is O=C(CCC(F)(F)F)NC1CCC(CCN2CCc3sc(N4CC(F)(F)C4)nc3C2)CC1. The molecule has 1 N–H and O–H groups in total. The number of alkyl halides is 5. The van der Waals surface area contributed by atoms with Gasteiger partial charge in [-0.2, -0.15) is 13.2 Å². The molecule has 0 radical (unpaired) electrons. The first-order valence-corrected chi connectivity index (χ1v) is 12.1. The molecule has 3 aliphatic rings. The fourth-order valence-corrected chi connectivity index (χ4v) is 5.78. The van der Waals surface area contributed by atoms with Gasteiger partial charge in [0, 0.05) is 30.4 Å². The van der Waals surface area contributed by atoms with E-state index in [1.54, 1.807) is 4.90 Å². The smallest absolute Gasteiger partial charge is 0.353 e. The highest BCUT2D eigenvalue weighted by Gasteiger charge is 2.45. The van der Waals surface area contributed by atoms with Gasteiger partial charge in [0.2, 0.25) is 5.91 Å². The molecular formula is C21H29F5N4OS. The number of amides is 1. The van der Waals surface area contributed by atoms with Crippen molar-refractivity contribution in [1.82, 2.24) is 15.2 Å². The highest BCUT2D eigenvalue weighted by molar-refractivity contribution is 7.15. The summed E-state index contributed by atoms with van der Waals surface area (Å²) in [5.41, 5.74) is 1.01. The van der Waals surface area contributed by atoms with Crippen LogP contribution in [0.5, 0.6) is 0 Å². The molecule has 180 valence electrons. The van der Waals surface area contributed by atoms with E-state index in [0.29, 0.717) is 11.0 Å². The molecule has 1 aliphatic carbocycles. The number of nitrogens with zero attached hydrogens (tertiary/aromatic N) is 3. The molecule has 1 aromatic rings. The Morgan fingerprint density at radius 2 is 1.91 bits per heavy atom. The number of fused-ring (bicyclic) bond motifs is 1. The maximum atomic E-state index is 13.1. The lowest BCUT2D eigenvalue weighted by Gasteiger charge is -2.38. The van der Waals surface area contributed by atoms with Gasteiger partial charge in [-0.1, -0.05) is 0 Å². The second-order valence-electron chi connectivity index (χ2n) is 9.29. The van der Waals surface area contributed by atoms with E-state index in [1.807, 2.05) is 0 Å². The van der Waals surface area contributed by atoms with Crippen LogP contribution < -0.4 is 10.2 Å². The molecule has 3 heterocycles. The van der Waals surface area contributed by atoms with Gasteiger partial charge in [0.05, 0.1) is 25.2 Å². The van der Waals surface area contributed by atoms with Crippen LogP contribution in [-0.2, 0) is 17.8 Å². The zero-order valence-electron chi connectivity index (χ0n) is 17.9. The molecular weight excluding hydrogens is 451 g/mol. The first-order chi connectivity index (χ1) is 15.1. The zero-order valence-corrected chi connectivity index (χ0v) is 18.7. The minimum atomic E-state index is -4.30.